The molecule has 2 heterocycles. The van der Waals surface area contributed by atoms with Gasteiger partial charge in [-0.05, 0) is 18.1 Å². The molecule has 23 heavy (non-hydrogen) atoms. The first-order chi connectivity index (χ1) is 11.1. The van der Waals surface area contributed by atoms with Gasteiger partial charge in [-0.15, -0.1) is 0 Å². The lowest BCUT2D eigenvalue weighted by Crippen LogP contribution is -2.52. The Balaban J connectivity index is 1.68. The third-order valence-corrected chi connectivity index (χ3v) is 3.65. The van der Waals surface area contributed by atoms with Crippen LogP contribution in [0, 0.1) is 0 Å². The number of nitrogens with zero attached hydrogens (tertiary/aromatic N) is 1. The van der Waals surface area contributed by atoms with Crippen LogP contribution in [0.4, 0.5) is 0 Å². The monoisotopic (exact) mass is 309 g/mol. The highest BCUT2D eigenvalue weighted by Crippen LogP contribution is 2.17. The number of carbonyl (C=O) groups excluding carboxylic acids is 3. The molecular formula is C17H15N3O3. The van der Waals surface area contributed by atoms with Gasteiger partial charge in [0.1, 0.15) is 11.7 Å². The Morgan fingerprint density at radius 3 is 2.52 bits per heavy atom. The third kappa shape index (κ3) is 3.42. The largest absolute Gasteiger partial charge is 0.339 e. The quantitative estimate of drug-likeness (QED) is 0.836. The summed E-state index contributed by atoms with van der Waals surface area (Å²) in [5.41, 5.74) is 2.15. The van der Waals surface area contributed by atoms with Gasteiger partial charge in [-0.3, -0.25) is 24.7 Å². The fourth-order valence-electron chi connectivity index (χ4n) is 2.39. The summed E-state index contributed by atoms with van der Waals surface area (Å²) in [6, 6.07) is 12.4. The predicted molar refractivity (Wildman–Crippen MR) is 83.3 cm³/mol. The fraction of sp³-hybridized carbons (Fsp3) is 0.176. The van der Waals surface area contributed by atoms with Gasteiger partial charge in [-0.25, -0.2) is 0 Å². The number of piperidine rings is 1. The Hall–Kier alpha value is -3.02. The van der Waals surface area contributed by atoms with Gasteiger partial charge in [0.25, 0.3) is 5.91 Å². The lowest BCUT2D eigenvalue weighted by atomic mass is 10.1. The first-order valence-electron chi connectivity index (χ1n) is 7.29. The Bertz CT molecular complexity index is 741. The minimum atomic E-state index is -0.698. The number of amides is 3. The third-order valence-electron chi connectivity index (χ3n) is 3.65. The van der Waals surface area contributed by atoms with Crippen LogP contribution in [-0.4, -0.2) is 28.7 Å². The van der Waals surface area contributed by atoms with E-state index in [1.165, 1.54) is 0 Å². The molecule has 1 unspecified atom stereocenters. The summed E-state index contributed by atoms with van der Waals surface area (Å²) >= 11 is 0. The number of carbonyl (C=O) groups is 3. The van der Waals surface area contributed by atoms with E-state index in [1.807, 2.05) is 36.4 Å². The normalized spacial score (nSPS) is 17.5. The zero-order chi connectivity index (χ0) is 16.2. The van der Waals surface area contributed by atoms with Crippen molar-refractivity contribution in [3.8, 4) is 11.1 Å². The van der Waals surface area contributed by atoms with Crippen molar-refractivity contribution in [2.45, 2.75) is 18.9 Å². The summed E-state index contributed by atoms with van der Waals surface area (Å²) in [5.74, 6) is -1.22. The first kappa shape index (κ1) is 14.9. The number of rotatable bonds is 3. The van der Waals surface area contributed by atoms with Crippen molar-refractivity contribution in [2.75, 3.05) is 0 Å². The smallest absolute Gasteiger partial charge is 0.270 e. The molecule has 1 saturated heterocycles. The van der Waals surface area contributed by atoms with Crippen LogP contribution in [0.3, 0.4) is 0 Å². The standard InChI is InChI=1S/C17H15N3O3/c21-15-9-8-14(17(23)20-15)19-16(22)13-7-6-12(10-18-13)11-4-2-1-3-5-11/h1-7,10,14H,8-9H2,(H,19,22)(H,20,21,23). The van der Waals surface area contributed by atoms with E-state index in [9.17, 15) is 14.4 Å². The van der Waals surface area contributed by atoms with E-state index in [1.54, 1.807) is 12.3 Å². The first-order valence-corrected chi connectivity index (χ1v) is 7.29. The van der Waals surface area contributed by atoms with E-state index in [0.29, 0.717) is 6.42 Å². The summed E-state index contributed by atoms with van der Waals surface area (Å²) in [4.78, 5) is 39.0. The van der Waals surface area contributed by atoms with Crippen LogP contribution in [0.15, 0.2) is 48.7 Å². The number of aromatic nitrogens is 1. The lowest BCUT2D eigenvalue weighted by molar-refractivity contribution is -0.134. The summed E-state index contributed by atoms with van der Waals surface area (Å²) in [7, 11) is 0. The summed E-state index contributed by atoms with van der Waals surface area (Å²) in [6.07, 6.45) is 2.14. The zero-order valence-electron chi connectivity index (χ0n) is 12.3. The molecule has 0 bridgehead atoms. The molecule has 1 aromatic carbocycles. The molecule has 6 nitrogen and oxygen atoms in total. The Kier molecular flexibility index (Phi) is 4.14. The number of nitrogens with one attached hydrogen (secondary N) is 2. The molecule has 1 aliphatic heterocycles. The van der Waals surface area contributed by atoms with E-state index < -0.39 is 17.9 Å². The molecule has 0 aliphatic carbocycles. The molecule has 6 heteroatoms. The van der Waals surface area contributed by atoms with Crippen LogP contribution in [0.25, 0.3) is 11.1 Å². The van der Waals surface area contributed by atoms with E-state index in [-0.39, 0.29) is 18.0 Å². The fourth-order valence-corrected chi connectivity index (χ4v) is 2.39. The second kappa shape index (κ2) is 6.39. The molecule has 2 N–H and O–H groups in total. The minimum Gasteiger partial charge on any atom is -0.339 e. The number of imide groups is 1. The van der Waals surface area contributed by atoms with Crippen molar-refractivity contribution < 1.29 is 14.4 Å². The van der Waals surface area contributed by atoms with E-state index in [2.05, 4.69) is 15.6 Å². The van der Waals surface area contributed by atoms with Gasteiger partial charge < -0.3 is 5.32 Å². The van der Waals surface area contributed by atoms with Gasteiger partial charge in [0.05, 0.1) is 0 Å². The zero-order valence-corrected chi connectivity index (χ0v) is 12.3. The van der Waals surface area contributed by atoms with E-state index in [0.717, 1.165) is 11.1 Å². The molecule has 2 aromatic rings. The lowest BCUT2D eigenvalue weighted by Gasteiger charge is -2.21. The Labute approximate surface area is 132 Å². The van der Waals surface area contributed by atoms with Crippen LogP contribution in [0.2, 0.25) is 0 Å². The minimum absolute atomic E-state index is 0.219. The molecule has 0 saturated carbocycles. The molecule has 3 rings (SSSR count). The molecule has 1 aliphatic rings. The van der Waals surface area contributed by atoms with Gasteiger partial charge in [0.15, 0.2) is 0 Å². The number of benzene rings is 1. The van der Waals surface area contributed by atoms with Crippen molar-refractivity contribution in [2.24, 2.45) is 0 Å². The second-order valence-corrected chi connectivity index (χ2v) is 5.28. The molecule has 3 amide bonds. The van der Waals surface area contributed by atoms with Crippen LogP contribution >= 0.6 is 0 Å². The highest BCUT2D eigenvalue weighted by Gasteiger charge is 2.28. The topological polar surface area (TPSA) is 88.2 Å². The van der Waals surface area contributed by atoms with Crippen molar-refractivity contribution >= 4 is 17.7 Å². The second-order valence-electron chi connectivity index (χ2n) is 5.28. The van der Waals surface area contributed by atoms with Gasteiger partial charge in [0, 0.05) is 18.2 Å². The van der Waals surface area contributed by atoms with E-state index >= 15 is 0 Å². The average Bonchev–Trinajstić information content (AvgIpc) is 2.58. The summed E-state index contributed by atoms with van der Waals surface area (Å²) in [6.45, 7) is 0. The van der Waals surface area contributed by atoms with Crippen LogP contribution in [0.1, 0.15) is 23.3 Å². The van der Waals surface area contributed by atoms with Crippen molar-refractivity contribution in [1.29, 1.82) is 0 Å². The Morgan fingerprint density at radius 2 is 1.87 bits per heavy atom. The molecule has 116 valence electrons. The number of pyridine rings is 1. The molecular weight excluding hydrogens is 294 g/mol. The van der Waals surface area contributed by atoms with Crippen molar-refractivity contribution in [3.05, 3.63) is 54.4 Å². The predicted octanol–water partition coefficient (Wildman–Crippen LogP) is 1.28. The Morgan fingerprint density at radius 1 is 1.09 bits per heavy atom. The number of hydrogen-bond acceptors (Lipinski definition) is 4. The van der Waals surface area contributed by atoms with Crippen LogP contribution in [0.5, 0.6) is 0 Å². The molecule has 1 fully saturated rings. The molecule has 1 aromatic heterocycles. The SMILES string of the molecule is O=C1CCC(NC(=O)c2ccc(-c3ccccc3)cn2)C(=O)N1. The maximum Gasteiger partial charge on any atom is 0.270 e. The maximum atomic E-state index is 12.1. The van der Waals surface area contributed by atoms with Gasteiger partial charge >= 0.3 is 0 Å². The molecule has 0 spiro atoms. The molecule has 0 radical (unpaired) electrons. The van der Waals surface area contributed by atoms with Crippen molar-refractivity contribution in [1.82, 2.24) is 15.6 Å². The van der Waals surface area contributed by atoms with Crippen LogP contribution in [-0.2, 0) is 9.59 Å². The van der Waals surface area contributed by atoms with Gasteiger partial charge in [-0.2, -0.15) is 0 Å². The summed E-state index contributed by atoms with van der Waals surface area (Å²) < 4.78 is 0. The van der Waals surface area contributed by atoms with Gasteiger partial charge in [0.2, 0.25) is 11.8 Å². The molecule has 1 atom stereocenters. The van der Waals surface area contributed by atoms with Crippen molar-refractivity contribution in [3.63, 3.8) is 0 Å². The summed E-state index contributed by atoms with van der Waals surface area (Å²) in [5, 5.41) is 4.80. The number of hydrogen-bond donors (Lipinski definition) is 2. The maximum absolute atomic E-state index is 12.1. The average molecular weight is 309 g/mol. The highest BCUT2D eigenvalue weighted by atomic mass is 16.2. The van der Waals surface area contributed by atoms with E-state index in [4.69, 9.17) is 0 Å². The van der Waals surface area contributed by atoms with Gasteiger partial charge in [-0.1, -0.05) is 36.4 Å². The van der Waals surface area contributed by atoms with Crippen LogP contribution < -0.4 is 10.6 Å². The highest BCUT2D eigenvalue weighted by molar-refractivity contribution is 6.03.